The second kappa shape index (κ2) is 26.0. The number of nitrogens with two attached hydrogens (primary N) is 1. The van der Waals surface area contributed by atoms with Crippen molar-refractivity contribution in [1.82, 2.24) is 0 Å². The standard InChI is InChI=1S/C27H57NO/c1-2-3-4-5-6-7-8-9-10-11-12-13-14-15-16-17-18-19-20-21-22-23-24-25-27(28)26-29/h27,29H,2-26,28H2,1H3. The zero-order valence-corrected chi connectivity index (χ0v) is 20.3. The van der Waals surface area contributed by atoms with Gasteiger partial charge in [-0.05, 0) is 6.42 Å². The second-order valence-corrected chi connectivity index (χ2v) is 9.51. The Morgan fingerprint density at radius 1 is 0.448 bits per heavy atom. The van der Waals surface area contributed by atoms with Gasteiger partial charge in [-0.2, -0.15) is 0 Å². The van der Waals surface area contributed by atoms with Gasteiger partial charge in [0, 0.05) is 6.04 Å². The monoisotopic (exact) mass is 411 g/mol. The molecule has 2 nitrogen and oxygen atoms in total. The van der Waals surface area contributed by atoms with E-state index in [1.54, 1.807) is 0 Å². The van der Waals surface area contributed by atoms with Crippen LogP contribution >= 0.6 is 0 Å². The Kier molecular flexibility index (Phi) is 25.9. The molecule has 0 aromatic carbocycles. The predicted octanol–water partition coefficient (Wildman–Crippen LogP) is 8.69. The van der Waals surface area contributed by atoms with E-state index in [4.69, 9.17) is 10.8 Å². The minimum Gasteiger partial charge on any atom is -0.395 e. The van der Waals surface area contributed by atoms with Gasteiger partial charge >= 0.3 is 0 Å². The van der Waals surface area contributed by atoms with E-state index in [0.29, 0.717) is 0 Å². The minimum atomic E-state index is 0.00454. The molecule has 0 saturated carbocycles. The molecule has 0 aliphatic carbocycles. The lowest BCUT2D eigenvalue weighted by Crippen LogP contribution is -2.23. The molecule has 0 aliphatic rings. The lowest BCUT2D eigenvalue weighted by Gasteiger charge is -2.07. The highest BCUT2D eigenvalue weighted by atomic mass is 16.3. The lowest BCUT2D eigenvalue weighted by atomic mass is 10.0. The van der Waals surface area contributed by atoms with E-state index in [9.17, 15) is 0 Å². The van der Waals surface area contributed by atoms with E-state index >= 15 is 0 Å². The van der Waals surface area contributed by atoms with Crippen LogP contribution in [0.25, 0.3) is 0 Å². The van der Waals surface area contributed by atoms with Crippen LogP contribution in [0.15, 0.2) is 0 Å². The Labute approximate surface area is 184 Å². The molecule has 29 heavy (non-hydrogen) atoms. The molecule has 0 saturated heterocycles. The molecule has 0 spiro atoms. The summed E-state index contributed by atoms with van der Waals surface area (Å²) in [6, 6.07) is 0.00454. The Morgan fingerprint density at radius 3 is 0.931 bits per heavy atom. The van der Waals surface area contributed by atoms with E-state index in [1.807, 2.05) is 0 Å². The predicted molar refractivity (Wildman–Crippen MR) is 132 cm³/mol. The molecule has 1 atom stereocenters. The molecule has 0 rings (SSSR count). The number of rotatable bonds is 25. The van der Waals surface area contributed by atoms with Crippen molar-refractivity contribution in [3.63, 3.8) is 0 Å². The molecule has 0 aromatic rings. The molecule has 1 unspecified atom stereocenters. The van der Waals surface area contributed by atoms with Gasteiger partial charge in [0.05, 0.1) is 6.61 Å². The highest BCUT2D eigenvalue weighted by Crippen LogP contribution is 2.15. The van der Waals surface area contributed by atoms with Crippen LogP contribution in [-0.4, -0.2) is 17.8 Å². The molecular weight excluding hydrogens is 354 g/mol. The maximum Gasteiger partial charge on any atom is 0.0582 e. The molecule has 2 heteroatoms. The van der Waals surface area contributed by atoms with Crippen molar-refractivity contribution in [2.45, 2.75) is 167 Å². The molecule has 176 valence electrons. The number of aliphatic hydroxyl groups excluding tert-OH is 1. The summed E-state index contributed by atoms with van der Waals surface area (Å²) >= 11 is 0. The second-order valence-electron chi connectivity index (χ2n) is 9.51. The molecule has 0 heterocycles. The number of hydrogen-bond acceptors (Lipinski definition) is 2. The molecule has 0 aliphatic heterocycles. The topological polar surface area (TPSA) is 46.2 Å². The summed E-state index contributed by atoms with van der Waals surface area (Å²) in [5.74, 6) is 0. The summed E-state index contributed by atoms with van der Waals surface area (Å²) < 4.78 is 0. The Bertz CT molecular complexity index is 282. The van der Waals surface area contributed by atoms with Crippen molar-refractivity contribution in [3.8, 4) is 0 Å². The molecule has 0 fully saturated rings. The largest absolute Gasteiger partial charge is 0.395 e. The summed E-state index contributed by atoms with van der Waals surface area (Å²) in [7, 11) is 0. The van der Waals surface area contributed by atoms with Crippen LogP contribution in [0.2, 0.25) is 0 Å². The van der Waals surface area contributed by atoms with Crippen LogP contribution in [0, 0.1) is 0 Å². The quantitative estimate of drug-likeness (QED) is 0.148. The molecule has 0 bridgehead atoms. The first-order valence-electron chi connectivity index (χ1n) is 13.7. The fourth-order valence-electron chi connectivity index (χ4n) is 4.28. The van der Waals surface area contributed by atoms with Gasteiger partial charge in [0.2, 0.25) is 0 Å². The zero-order valence-electron chi connectivity index (χ0n) is 20.3. The summed E-state index contributed by atoms with van der Waals surface area (Å²) in [5.41, 5.74) is 5.72. The van der Waals surface area contributed by atoms with Crippen molar-refractivity contribution >= 4 is 0 Å². The van der Waals surface area contributed by atoms with E-state index in [-0.39, 0.29) is 12.6 Å². The van der Waals surface area contributed by atoms with Crippen molar-refractivity contribution in [2.24, 2.45) is 5.73 Å². The van der Waals surface area contributed by atoms with Crippen molar-refractivity contribution in [3.05, 3.63) is 0 Å². The first-order chi connectivity index (χ1) is 14.3. The number of hydrogen-bond donors (Lipinski definition) is 2. The molecular formula is C27H57NO. The van der Waals surface area contributed by atoms with Gasteiger partial charge in [-0.3, -0.25) is 0 Å². The maximum atomic E-state index is 8.89. The zero-order chi connectivity index (χ0) is 21.3. The third-order valence-corrected chi connectivity index (χ3v) is 6.41. The van der Waals surface area contributed by atoms with Crippen LogP contribution < -0.4 is 5.73 Å². The van der Waals surface area contributed by atoms with Gasteiger partial charge in [-0.1, -0.05) is 155 Å². The lowest BCUT2D eigenvalue weighted by molar-refractivity contribution is 0.257. The van der Waals surface area contributed by atoms with E-state index in [1.165, 1.54) is 148 Å². The average molecular weight is 412 g/mol. The first-order valence-corrected chi connectivity index (χ1v) is 13.7. The van der Waals surface area contributed by atoms with Crippen LogP contribution in [0.3, 0.4) is 0 Å². The smallest absolute Gasteiger partial charge is 0.0582 e. The molecule has 0 aromatic heterocycles. The van der Waals surface area contributed by atoms with Crippen molar-refractivity contribution in [2.75, 3.05) is 6.61 Å². The third-order valence-electron chi connectivity index (χ3n) is 6.41. The van der Waals surface area contributed by atoms with E-state index in [0.717, 1.165) is 6.42 Å². The van der Waals surface area contributed by atoms with Gasteiger partial charge in [0.15, 0.2) is 0 Å². The molecule has 0 amide bonds. The van der Waals surface area contributed by atoms with Gasteiger partial charge in [-0.15, -0.1) is 0 Å². The highest BCUT2D eigenvalue weighted by Gasteiger charge is 1.99. The Hall–Kier alpha value is -0.0800. The number of aliphatic hydroxyl groups is 1. The SMILES string of the molecule is CCCCCCCCCCCCCCCCCCCCCCCCCC(N)CO. The molecule has 0 radical (unpaired) electrons. The fraction of sp³-hybridized carbons (Fsp3) is 1.00. The highest BCUT2D eigenvalue weighted by molar-refractivity contribution is 4.58. The number of unbranched alkanes of at least 4 members (excludes halogenated alkanes) is 22. The minimum absolute atomic E-state index is 0.00454. The maximum absolute atomic E-state index is 8.89. The van der Waals surface area contributed by atoms with Crippen LogP contribution in [0.4, 0.5) is 0 Å². The van der Waals surface area contributed by atoms with E-state index < -0.39 is 0 Å². The van der Waals surface area contributed by atoms with E-state index in [2.05, 4.69) is 6.92 Å². The van der Waals surface area contributed by atoms with Crippen LogP contribution in [0.5, 0.6) is 0 Å². The van der Waals surface area contributed by atoms with Gasteiger partial charge in [0.1, 0.15) is 0 Å². The Morgan fingerprint density at radius 2 is 0.690 bits per heavy atom. The van der Waals surface area contributed by atoms with Crippen LogP contribution in [0.1, 0.15) is 161 Å². The summed E-state index contributed by atoms with van der Waals surface area (Å²) in [4.78, 5) is 0. The van der Waals surface area contributed by atoms with Crippen molar-refractivity contribution < 1.29 is 5.11 Å². The molecule has 3 N–H and O–H groups in total. The summed E-state index contributed by atoms with van der Waals surface area (Å²) in [5, 5.41) is 8.89. The van der Waals surface area contributed by atoms with Crippen LogP contribution in [-0.2, 0) is 0 Å². The first kappa shape index (κ1) is 28.9. The van der Waals surface area contributed by atoms with Gasteiger partial charge in [-0.25, -0.2) is 0 Å². The normalized spacial score (nSPS) is 12.5. The van der Waals surface area contributed by atoms with Gasteiger partial charge < -0.3 is 10.8 Å². The summed E-state index contributed by atoms with van der Waals surface area (Å²) in [6.07, 6.45) is 33.8. The Balaban J connectivity index is 3.00. The fourth-order valence-corrected chi connectivity index (χ4v) is 4.28. The third kappa shape index (κ3) is 25.9. The van der Waals surface area contributed by atoms with Crippen molar-refractivity contribution in [1.29, 1.82) is 0 Å². The summed E-state index contributed by atoms with van der Waals surface area (Å²) in [6.45, 7) is 2.43. The van der Waals surface area contributed by atoms with Gasteiger partial charge in [0.25, 0.3) is 0 Å². The average Bonchev–Trinajstić information content (AvgIpc) is 2.74.